The largest absolute Gasteiger partial charge is 0.477 e. The highest BCUT2D eigenvalue weighted by molar-refractivity contribution is 5.72. The standard InChI is InChI=1S/C46H83NO7/c1-6-8-10-12-14-16-17-18-19-20-21-22-23-24-25-26-27-29-30-32-34-36-44(48)53-41-42(40-52-39-38-43(46(50)51)47(3,4)5)54-45(49)37-35-33-31-28-15-13-11-9-7-2/h8,10,14,16,18-19,42-43H,6-7,9,11-13,15,17,20-41H2,1-5H3/p+1/b10-8+,16-14+,19-18+. The van der Waals surface area contributed by atoms with Crippen molar-refractivity contribution in [3.63, 3.8) is 0 Å². The second kappa shape index (κ2) is 37.5. The molecule has 0 aromatic heterocycles. The average molecular weight is 763 g/mol. The number of carboxylic acids is 1. The van der Waals surface area contributed by atoms with E-state index in [0.29, 0.717) is 19.3 Å². The number of carboxylic acid groups (broad SMARTS) is 1. The van der Waals surface area contributed by atoms with Crippen molar-refractivity contribution in [3.05, 3.63) is 36.5 Å². The Hall–Kier alpha value is -2.45. The first-order valence-corrected chi connectivity index (χ1v) is 22.0. The number of quaternary nitrogens is 1. The zero-order valence-electron chi connectivity index (χ0n) is 35.7. The fourth-order valence-corrected chi connectivity index (χ4v) is 6.40. The van der Waals surface area contributed by atoms with Gasteiger partial charge in [-0.3, -0.25) is 9.59 Å². The first-order valence-electron chi connectivity index (χ1n) is 22.0. The van der Waals surface area contributed by atoms with Crippen molar-refractivity contribution in [1.82, 2.24) is 0 Å². The van der Waals surface area contributed by atoms with Crippen LogP contribution in [0.25, 0.3) is 0 Å². The molecule has 8 nitrogen and oxygen atoms in total. The van der Waals surface area contributed by atoms with Crippen molar-refractivity contribution >= 4 is 17.9 Å². The summed E-state index contributed by atoms with van der Waals surface area (Å²) in [6, 6.07) is -0.611. The third-order valence-corrected chi connectivity index (χ3v) is 9.80. The lowest BCUT2D eigenvalue weighted by Gasteiger charge is -2.31. The molecular formula is C46H84NO7+. The van der Waals surface area contributed by atoms with Crippen molar-refractivity contribution in [3.8, 4) is 0 Å². The minimum absolute atomic E-state index is 0.0499. The van der Waals surface area contributed by atoms with Crippen LogP contribution < -0.4 is 0 Å². The lowest BCUT2D eigenvalue weighted by molar-refractivity contribution is -0.887. The van der Waals surface area contributed by atoms with Crippen LogP contribution in [0.15, 0.2) is 36.5 Å². The Morgan fingerprint density at radius 3 is 1.54 bits per heavy atom. The molecule has 1 N–H and O–H groups in total. The Morgan fingerprint density at radius 1 is 0.574 bits per heavy atom. The normalized spacial score (nSPS) is 13.3. The van der Waals surface area contributed by atoms with Crippen molar-refractivity contribution < 1.29 is 38.2 Å². The number of esters is 2. The highest BCUT2D eigenvalue weighted by Crippen LogP contribution is 2.15. The average Bonchev–Trinajstić information content (AvgIpc) is 3.12. The SMILES string of the molecule is CC/C=C/C/C=C/C/C=C/CCCCCCCCCCCCCC(=O)OCC(COCCC(C(=O)O)[N+](C)(C)C)OC(=O)CCCCCCCCCCC. The third kappa shape index (κ3) is 35.3. The monoisotopic (exact) mass is 763 g/mol. The number of carbonyl (C=O) groups excluding carboxylic acids is 2. The predicted octanol–water partition coefficient (Wildman–Crippen LogP) is 11.9. The van der Waals surface area contributed by atoms with Crippen molar-refractivity contribution in [1.29, 1.82) is 0 Å². The first-order chi connectivity index (χ1) is 26.1. The molecule has 0 saturated heterocycles. The molecule has 0 aliphatic heterocycles. The van der Waals surface area contributed by atoms with Gasteiger partial charge in [0.05, 0.1) is 34.4 Å². The Bertz CT molecular complexity index is 984. The summed E-state index contributed by atoms with van der Waals surface area (Å²) in [5, 5.41) is 9.60. The van der Waals surface area contributed by atoms with Gasteiger partial charge in [0, 0.05) is 19.3 Å². The van der Waals surface area contributed by atoms with Crippen LogP contribution in [-0.4, -0.2) is 80.6 Å². The van der Waals surface area contributed by atoms with Crippen molar-refractivity contribution in [2.45, 2.75) is 199 Å². The molecule has 0 spiro atoms. The van der Waals surface area contributed by atoms with E-state index in [9.17, 15) is 19.5 Å². The zero-order valence-corrected chi connectivity index (χ0v) is 35.7. The lowest BCUT2D eigenvalue weighted by atomic mass is 10.0. The van der Waals surface area contributed by atoms with Gasteiger partial charge in [-0.15, -0.1) is 0 Å². The maximum absolute atomic E-state index is 12.6. The lowest BCUT2D eigenvalue weighted by Crippen LogP contribution is -2.50. The van der Waals surface area contributed by atoms with Gasteiger partial charge in [0.2, 0.25) is 0 Å². The topological polar surface area (TPSA) is 99.1 Å². The second-order valence-corrected chi connectivity index (χ2v) is 15.9. The molecule has 8 heteroatoms. The summed E-state index contributed by atoms with van der Waals surface area (Å²) < 4.78 is 17.2. The minimum atomic E-state index is -0.875. The fraction of sp³-hybridized carbons (Fsp3) is 0.804. The number of aliphatic carboxylic acids is 1. The second-order valence-electron chi connectivity index (χ2n) is 15.9. The number of nitrogens with zero attached hydrogens (tertiary/aromatic N) is 1. The summed E-state index contributed by atoms with van der Waals surface area (Å²) in [5.74, 6) is -1.47. The molecule has 0 fully saturated rings. The molecule has 0 bridgehead atoms. The maximum Gasteiger partial charge on any atom is 0.362 e. The van der Waals surface area contributed by atoms with E-state index in [4.69, 9.17) is 14.2 Å². The molecule has 0 radical (unpaired) electrons. The molecule has 0 aromatic rings. The molecular weight excluding hydrogens is 679 g/mol. The number of unbranched alkanes of at least 4 members (excludes halogenated alkanes) is 19. The maximum atomic E-state index is 12.6. The van der Waals surface area contributed by atoms with Gasteiger partial charge in [0.25, 0.3) is 0 Å². The molecule has 0 aliphatic rings. The van der Waals surface area contributed by atoms with Gasteiger partial charge in [0.15, 0.2) is 12.1 Å². The molecule has 2 unspecified atom stereocenters. The summed E-state index contributed by atoms with van der Waals surface area (Å²) in [4.78, 5) is 36.9. The predicted molar refractivity (Wildman–Crippen MR) is 225 cm³/mol. The molecule has 0 aromatic carbocycles. The number of hydrogen-bond donors (Lipinski definition) is 1. The van der Waals surface area contributed by atoms with E-state index in [2.05, 4.69) is 50.3 Å². The van der Waals surface area contributed by atoms with Crippen LogP contribution >= 0.6 is 0 Å². The van der Waals surface area contributed by atoms with Crippen molar-refractivity contribution in [2.24, 2.45) is 0 Å². The van der Waals surface area contributed by atoms with Crippen LogP contribution in [-0.2, 0) is 28.6 Å². The Balaban J connectivity index is 4.19. The smallest absolute Gasteiger partial charge is 0.362 e. The molecule has 0 heterocycles. The first kappa shape index (κ1) is 51.5. The summed E-state index contributed by atoms with van der Waals surface area (Å²) in [6.45, 7) is 4.61. The van der Waals surface area contributed by atoms with Crippen molar-refractivity contribution in [2.75, 3.05) is 41.0 Å². The highest BCUT2D eigenvalue weighted by Gasteiger charge is 2.31. The van der Waals surface area contributed by atoms with E-state index in [-0.39, 0.29) is 36.2 Å². The fourth-order valence-electron chi connectivity index (χ4n) is 6.40. The molecule has 2 atom stereocenters. The number of hydrogen-bond acceptors (Lipinski definition) is 6. The van der Waals surface area contributed by atoms with Gasteiger partial charge in [-0.1, -0.05) is 159 Å². The summed E-state index contributed by atoms with van der Waals surface area (Å²) in [7, 11) is 5.52. The van der Waals surface area contributed by atoms with Crippen LogP contribution in [0, 0.1) is 0 Å². The number of allylic oxidation sites excluding steroid dienone is 6. The van der Waals surface area contributed by atoms with E-state index in [0.717, 1.165) is 57.8 Å². The zero-order chi connectivity index (χ0) is 40.0. The minimum Gasteiger partial charge on any atom is -0.477 e. The van der Waals surface area contributed by atoms with E-state index in [1.807, 2.05) is 21.1 Å². The molecule has 0 amide bonds. The number of ether oxygens (including phenoxy) is 3. The van der Waals surface area contributed by atoms with E-state index < -0.39 is 18.1 Å². The Labute approximate surface area is 332 Å². The van der Waals surface area contributed by atoms with Gasteiger partial charge in [-0.05, 0) is 44.9 Å². The third-order valence-electron chi connectivity index (χ3n) is 9.80. The molecule has 0 saturated carbocycles. The Kier molecular flexibility index (Phi) is 35.8. The molecule has 314 valence electrons. The molecule has 0 rings (SSSR count). The van der Waals surface area contributed by atoms with Crippen LogP contribution in [0.4, 0.5) is 0 Å². The van der Waals surface area contributed by atoms with Gasteiger partial charge in [0.1, 0.15) is 6.61 Å². The number of rotatable bonds is 39. The highest BCUT2D eigenvalue weighted by atomic mass is 16.6. The van der Waals surface area contributed by atoms with Crippen LogP contribution in [0.1, 0.15) is 187 Å². The quantitative estimate of drug-likeness (QED) is 0.0288. The molecule has 0 aliphatic carbocycles. The van der Waals surface area contributed by atoms with Crippen LogP contribution in [0.3, 0.4) is 0 Å². The summed E-state index contributed by atoms with van der Waals surface area (Å²) in [6.07, 6.45) is 41.9. The summed E-state index contributed by atoms with van der Waals surface area (Å²) >= 11 is 0. The Morgan fingerprint density at radius 2 is 1.04 bits per heavy atom. The van der Waals surface area contributed by atoms with Gasteiger partial charge in [-0.2, -0.15) is 0 Å². The number of carbonyl (C=O) groups is 3. The molecule has 54 heavy (non-hydrogen) atoms. The van der Waals surface area contributed by atoms with E-state index >= 15 is 0 Å². The summed E-state index contributed by atoms with van der Waals surface area (Å²) in [5.41, 5.74) is 0. The van der Waals surface area contributed by atoms with E-state index in [1.165, 1.54) is 96.3 Å². The van der Waals surface area contributed by atoms with Gasteiger partial charge in [-0.25, -0.2) is 4.79 Å². The van der Waals surface area contributed by atoms with Gasteiger partial charge < -0.3 is 23.8 Å². The van der Waals surface area contributed by atoms with Gasteiger partial charge >= 0.3 is 17.9 Å². The van der Waals surface area contributed by atoms with Crippen LogP contribution in [0.2, 0.25) is 0 Å². The van der Waals surface area contributed by atoms with E-state index in [1.54, 1.807) is 0 Å². The van der Waals surface area contributed by atoms with Crippen LogP contribution in [0.5, 0.6) is 0 Å². The number of likely N-dealkylation sites (N-methyl/N-ethyl adjacent to an activating group) is 1.